The maximum Gasteiger partial charge on any atom is 0.0864 e. The van der Waals surface area contributed by atoms with E-state index in [0.29, 0.717) is 23.2 Å². The Kier molecular flexibility index (Phi) is 3.22. The van der Waals surface area contributed by atoms with Crippen LogP contribution in [-0.2, 0) is 0 Å². The topological polar surface area (TPSA) is 44.0 Å². The minimum absolute atomic E-state index is 0.332. The number of hydrogen-bond donors (Lipinski definition) is 1. The number of nitrogens with zero attached hydrogens (tertiary/aromatic N) is 1. The molecule has 0 aromatic heterocycles. The van der Waals surface area contributed by atoms with Crippen LogP contribution in [0.5, 0.6) is 0 Å². The summed E-state index contributed by atoms with van der Waals surface area (Å²) in [4.78, 5) is 0. The average molecular weight is 275 g/mol. The zero-order valence-electron chi connectivity index (χ0n) is 13.3. The van der Waals surface area contributed by atoms with Gasteiger partial charge in [-0.05, 0) is 74.5 Å². The quantitative estimate of drug-likeness (QED) is 0.776. The van der Waals surface area contributed by atoms with Crippen molar-refractivity contribution in [3.8, 4) is 6.07 Å². The molecule has 3 aliphatic carbocycles. The molecule has 1 N–H and O–H groups in total. The highest BCUT2D eigenvalue weighted by Gasteiger charge is 2.62. The van der Waals surface area contributed by atoms with Crippen molar-refractivity contribution in [2.75, 3.05) is 0 Å². The first-order valence-corrected chi connectivity index (χ1v) is 8.44. The van der Waals surface area contributed by atoms with Gasteiger partial charge in [0.05, 0.1) is 17.1 Å². The van der Waals surface area contributed by atoms with Gasteiger partial charge in [-0.3, -0.25) is 0 Å². The van der Waals surface area contributed by atoms with Crippen LogP contribution in [0.1, 0.15) is 72.1 Å². The van der Waals surface area contributed by atoms with Crippen molar-refractivity contribution >= 4 is 0 Å². The summed E-state index contributed by atoms with van der Waals surface area (Å²) in [5.41, 5.74) is -0.791. The van der Waals surface area contributed by atoms with Crippen LogP contribution >= 0.6 is 0 Å². The van der Waals surface area contributed by atoms with Crippen LogP contribution in [-0.4, -0.2) is 10.7 Å². The molecule has 0 amide bonds. The number of hydrogen-bond acceptors (Lipinski definition) is 2. The van der Waals surface area contributed by atoms with Gasteiger partial charge in [-0.1, -0.05) is 20.8 Å². The molecule has 2 heteroatoms. The van der Waals surface area contributed by atoms with Crippen LogP contribution in [0.2, 0.25) is 0 Å². The van der Waals surface area contributed by atoms with E-state index in [4.69, 9.17) is 0 Å². The molecule has 3 fully saturated rings. The first kappa shape index (κ1) is 14.4. The van der Waals surface area contributed by atoms with E-state index in [2.05, 4.69) is 26.8 Å². The van der Waals surface area contributed by atoms with Crippen LogP contribution in [0.15, 0.2) is 0 Å². The molecule has 0 heterocycles. The largest absolute Gasteiger partial charge is 0.388 e. The normalized spacial score (nSPS) is 48.2. The number of nitriles is 1. The second-order valence-corrected chi connectivity index (χ2v) is 8.84. The van der Waals surface area contributed by atoms with E-state index in [1.54, 1.807) is 0 Å². The zero-order valence-corrected chi connectivity index (χ0v) is 13.3. The van der Waals surface area contributed by atoms with Crippen LogP contribution < -0.4 is 0 Å². The Labute approximate surface area is 123 Å². The summed E-state index contributed by atoms with van der Waals surface area (Å²) in [5, 5.41) is 21.2. The lowest BCUT2D eigenvalue weighted by Crippen LogP contribution is -2.53. The van der Waals surface area contributed by atoms with Crippen molar-refractivity contribution in [2.24, 2.45) is 28.6 Å². The molecule has 3 atom stereocenters. The highest BCUT2D eigenvalue weighted by atomic mass is 16.3. The number of fused-ring (bicyclic) bond motifs is 2. The van der Waals surface area contributed by atoms with Crippen molar-refractivity contribution in [2.45, 2.75) is 77.7 Å². The third-order valence-electron chi connectivity index (χ3n) is 6.92. The minimum atomic E-state index is -0.673. The predicted molar refractivity (Wildman–Crippen MR) is 79.9 cm³/mol. The Hall–Kier alpha value is -0.550. The fraction of sp³-hybridized carbons (Fsp3) is 0.944. The van der Waals surface area contributed by atoms with E-state index in [-0.39, 0.29) is 0 Å². The number of rotatable bonds is 1. The second kappa shape index (κ2) is 4.47. The lowest BCUT2D eigenvalue weighted by atomic mass is 9.55. The van der Waals surface area contributed by atoms with Gasteiger partial charge in [0.2, 0.25) is 0 Å². The molecule has 0 radical (unpaired) electrons. The molecule has 20 heavy (non-hydrogen) atoms. The SMILES string of the molecule is CC(C)(C)C1CCC(C#N)(C2(O)CC3CCC2C3)CC1. The van der Waals surface area contributed by atoms with E-state index >= 15 is 0 Å². The first-order valence-electron chi connectivity index (χ1n) is 8.44. The molecule has 0 saturated heterocycles. The smallest absolute Gasteiger partial charge is 0.0864 e. The third kappa shape index (κ3) is 1.93. The summed E-state index contributed by atoms with van der Waals surface area (Å²) in [7, 11) is 0. The van der Waals surface area contributed by atoms with Crippen molar-refractivity contribution < 1.29 is 5.11 Å². The van der Waals surface area contributed by atoms with Crippen LogP contribution in [0.4, 0.5) is 0 Å². The van der Waals surface area contributed by atoms with E-state index < -0.39 is 11.0 Å². The summed E-state index contributed by atoms with van der Waals surface area (Å²) in [5.74, 6) is 1.79. The lowest BCUT2D eigenvalue weighted by Gasteiger charge is -2.50. The van der Waals surface area contributed by atoms with Gasteiger partial charge in [-0.2, -0.15) is 5.26 Å². The standard InChI is InChI=1S/C18H29NO/c1-16(2,3)14-6-8-17(12-19,9-7-14)18(20)11-13-4-5-15(18)10-13/h13-15,20H,4-11H2,1-3H3. The lowest BCUT2D eigenvalue weighted by molar-refractivity contribution is -0.119. The van der Waals surface area contributed by atoms with Gasteiger partial charge in [-0.25, -0.2) is 0 Å². The molecular weight excluding hydrogens is 246 g/mol. The van der Waals surface area contributed by atoms with Crippen molar-refractivity contribution in [3.63, 3.8) is 0 Å². The fourth-order valence-electron chi connectivity index (χ4n) is 5.51. The minimum Gasteiger partial charge on any atom is -0.388 e. The van der Waals surface area contributed by atoms with Gasteiger partial charge < -0.3 is 5.11 Å². The molecule has 2 bridgehead atoms. The van der Waals surface area contributed by atoms with E-state index in [9.17, 15) is 10.4 Å². The molecule has 0 aliphatic heterocycles. The molecule has 2 nitrogen and oxygen atoms in total. The summed E-state index contributed by atoms with van der Waals surface area (Å²) >= 11 is 0. The Bertz CT molecular complexity index is 422. The van der Waals surface area contributed by atoms with Gasteiger partial charge in [0.25, 0.3) is 0 Å². The molecule has 112 valence electrons. The summed E-state index contributed by atoms with van der Waals surface area (Å²) < 4.78 is 0. The molecule has 0 aromatic carbocycles. The monoisotopic (exact) mass is 275 g/mol. The van der Waals surface area contributed by atoms with Crippen molar-refractivity contribution in [1.29, 1.82) is 5.26 Å². The molecular formula is C18H29NO. The predicted octanol–water partition coefficient (Wildman–Crippen LogP) is 4.28. The maximum absolute atomic E-state index is 11.3. The van der Waals surface area contributed by atoms with Gasteiger partial charge >= 0.3 is 0 Å². The van der Waals surface area contributed by atoms with Gasteiger partial charge in [0.1, 0.15) is 0 Å². The third-order valence-corrected chi connectivity index (χ3v) is 6.92. The Morgan fingerprint density at radius 1 is 1.10 bits per heavy atom. The Morgan fingerprint density at radius 3 is 2.15 bits per heavy atom. The highest BCUT2D eigenvalue weighted by molar-refractivity contribution is 5.19. The molecule has 3 rings (SSSR count). The van der Waals surface area contributed by atoms with Gasteiger partial charge in [0.15, 0.2) is 0 Å². The van der Waals surface area contributed by atoms with E-state index in [1.807, 2.05) is 0 Å². The van der Waals surface area contributed by atoms with Crippen molar-refractivity contribution in [1.82, 2.24) is 0 Å². The molecule has 0 aromatic rings. The van der Waals surface area contributed by atoms with Crippen LogP contribution in [0.25, 0.3) is 0 Å². The summed E-state index contributed by atoms with van der Waals surface area (Å²) in [6, 6.07) is 2.61. The summed E-state index contributed by atoms with van der Waals surface area (Å²) in [6.07, 6.45) is 8.52. The fourth-order valence-corrected chi connectivity index (χ4v) is 5.51. The molecule has 3 saturated carbocycles. The summed E-state index contributed by atoms with van der Waals surface area (Å²) in [6.45, 7) is 6.93. The molecule has 0 spiro atoms. The second-order valence-electron chi connectivity index (χ2n) is 8.84. The van der Waals surface area contributed by atoms with E-state index in [1.165, 1.54) is 12.8 Å². The molecule has 3 unspecified atom stereocenters. The zero-order chi connectivity index (χ0) is 14.6. The molecule has 3 aliphatic rings. The maximum atomic E-state index is 11.3. The van der Waals surface area contributed by atoms with Crippen LogP contribution in [0, 0.1) is 39.9 Å². The van der Waals surface area contributed by atoms with Crippen molar-refractivity contribution in [3.05, 3.63) is 0 Å². The Morgan fingerprint density at radius 2 is 1.75 bits per heavy atom. The van der Waals surface area contributed by atoms with Gasteiger partial charge in [-0.15, -0.1) is 0 Å². The van der Waals surface area contributed by atoms with E-state index in [0.717, 1.165) is 38.5 Å². The van der Waals surface area contributed by atoms with Crippen LogP contribution in [0.3, 0.4) is 0 Å². The number of aliphatic hydroxyl groups is 1. The average Bonchev–Trinajstić information content (AvgIpc) is 2.98. The van der Waals surface area contributed by atoms with Gasteiger partial charge in [0, 0.05) is 0 Å². The first-order chi connectivity index (χ1) is 9.31. The Balaban J connectivity index is 1.80. The highest BCUT2D eigenvalue weighted by Crippen LogP contribution is 2.62.